The zero-order valence-corrected chi connectivity index (χ0v) is 17.5. The third-order valence-corrected chi connectivity index (χ3v) is 5.48. The first-order chi connectivity index (χ1) is 12.3. The summed E-state index contributed by atoms with van der Waals surface area (Å²) in [4.78, 5) is 23.2. The van der Waals surface area contributed by atoms with Crippen LogP contribution in [0.25, 0.3) is 0 Å². The molecule has 2 heterocycles. The smallest absolute Gasteiger partial charge is 0.309 e. The molecule has 26 heavy (non-hydrogen) atoms. The third-order valence-electron chi connectivity index (χ3n) is 4.57. The second-order valence-corrected chi connectivity index (χ2v) is 8.56. The number of aliphatic imine (C=N–C) groups is 1. The van der Waals surface area contributed by atoms with E-state index in [4.69, 9.17) is 9.72 Å². The average molecular weight is 381 g/mol. The number of aromatic nitrogens is 1. The van der Waals surface area contributed by atoms with Gasteiger partial charge in [0.05, 0.1) is 23.2 Å². The lowest BCUT2D eigenvalue weighted by Crippen LogP contribution is -2.47. The molecule has 1 aromatic heterocycles. The second kappa shape index (κ2) is 9.35. The summed E-state index contributed by atoms with van der Waals surface area (Å²) >= 11 is 1.72. The van der Waals surface area contributed by atoms with E-state index in [1.807, 2.05) is 6.92 Å². The van der Waals surface area contributed by atoms with E-state index in [-0.39, 0.29) is 17.3 Å². The minimum absolute atomic E-state index is 0.0236. The molecule has 2 rings (SSSR count). The van der Waals surface area contributed by atoms with Gasteiger partial charge in [0.2, 0.25) is 0 Å². The number of rotatable bonds is 5. The number of nitrogens with zero attached hydrogens (tertiary/aromatic N) is 3. The number of hydrogen-bond donors (Lipinski definition) is 1. The molecule has 0 bridgehead atoms. The molecule has 0 aromatic carbocycles. The monoisotopic (exact) mass is 380 g/mol. The topological polar surface area (TPSA) is 66.8 Å². The third kappa shape index (κ3) is 5.69. The fourth-order valence-electron chi connectivity index (χ4n) is 2.97. The van der Waals surface area contributed by atoms with Gasteiger partial charge in [-0.1, -0.05) is 20.8 Å². The molecule has 1 N–H and O–H groups in total. The van der Waals surface area contributed by atoms with Crippen LogP contribution in [-0.2, 0) is 21.4 Å². The van der Waals surface area contributed by atoms with Crippen molar-refractivity contribution >= 4 is 23.3 Å². The Morgan fingerprint density at radius 2 is 2.12 bits per heavy atom. The predicted octanol–water partition coefficient (Wildman–Crippen LogP) is 2.83. The minimum Gasteiger partial charge on any atom is -0.466 e. The lowest BCUT2D eigenvalue weighted by Gasteiger charge is -2.33. The molecule has 1 aliphatic rings. The highest BCUT2D eigenvalue weighted by Crippen LogP contribution is 2.24. The molecular weight excluding hydrogens is 348 g/mol. The first-order valence-corrected chi connectivity index (χ1v) is 10.3. The SMILES string of the molecule is CCOC(=O)C1CCN(C(=NC)NCCc2nc(C(C)(C)C)cs2)CC1. The van der Waals surface area contributed by atoms with Crippen molar-refractivity contribution in [3.8, 4) is 0 Å². The molecule has 1 aliphatic heterocycles. The number of esters is 1. The first-order valence-electron chi connectivity index (χ1n) is 9.42. The Balaban J connectivity index is 1.78. The molecule has 0 spiro atoms. The Morgan fingerprint density at radius 3 is 2.65 bits per heavy atom. The molecular formula is C19H32N4O2S. The molecule has 0 atom stereocenters. The summed E-state index contributed by atoms with van der Waals surface area (Å²) in [5.74, 6) is 0.865. The van der Waals surface area contributed by atoms with Gasteiger partial charge < -0.3 is 15.0 Å². The maximum absolute atomic E-state index is 11.9. The van der Waals surface area contributed by atoms with Gasteiger partial charge in [-0.15, -0.1) is 11.3 Å². The van der Waals surface area contributed by atoms with E-state index in [9.17, 15) is 4.79 Å². The van der Waals surface area contributed by atoms with Crippen LogP contribution in [0.2, 0.25) is 0 Å². The van der Waals surface area contributed by atoms with Gasteiger partial charge in [-0.25, -0.2) is 4.98 Å². The Hall–Kier alpha value is -1.63. The van der Waals surface area contributed by atoms with Crippen molar-refractivity contribution in [1.82, 2.24) is 15.2 Å². The quantitative estimate of drug-likeness (QED) is 0.483. The van der Waals surface area contributed by atoms with Gasteiger partial charge in [0.1, 0.15) is 0 Å². The van der Waals surface area contributed by atoms with Gasteiger partial charge in [0.25, 0.3) is 0 Å². The van der Waals surface area contributed by atoms with E-state index in [0.717, 1.165) is 55.6 Å². The molecule has 146 valence electrons. The molecule has 0 aliphatic carbocycles. The van der Waals surface area contributed by atoms with Gasteiger partial charge >= 0.3 is 5.97 Å². The van der Waals surface area contributed by atoms with Crippen LogP contribution in [0.15, 0.2) is 10.4 Å². The van der Waals surface area contributed by atoms with Crippen LogP contribution >= 0.6 is 11.3 Å². The summed E-state index contributed by atoms with van der Waals surface area (Å²) in [7, 11) is 1.81. The molecule has 0 radical (unpaired) electrons. The summed E-state index contributed by atoms with van der Waals surface area (Å²) < 4.78 is 5.13. The minimum atomic E-state index is -0.0616. The number of carbonyl (C=O) groups is 1. The predicted molar refractivity (Wildman–Crippen MR) is 107 cm³/mol. The van der Waals surface area contributed by atoms with Crippen LogP contribution < -0.4 is 5.32 Å². The number of likely N-dealkylation sites (tertiary alicyclic amines) is 1. The Kier molecular flexibility index (Phi) is 7.43. The molecule has 1 fully saturated rings. The second-order valence-electron chi connectivity index (χ2n) is 7.61. The van der Waals surface area contributed by atoms with Crippen LogP contribution in [0.5, 0.6) is 0 Å². The highest BCUT2D eigenvalue weighted by molar-refractivity contribution is 7.09. The Morgan fingerprint density at radius 1 is 1.42 bits per heavy atom. The zero-order valence-electron chi connectivity index (χ0n) is 16.7. The van der Waals surface area contributed by atoms with E-state index in [1.165, 1.54) is 0 Å². The zero-order chi connectivity index (χ0) is 19.2. The number of hydrogen-bond acceptors (Lipinski definition) is 5. The highest BCUT2D eigenvalue weighted by Gasteiger charge is 2.27. The number of nitrogens with one attached hydrogen (secondary N) is 1. The van der Waals surface area contributed by atoms with Gasteiger partial charge in [-0.3, -0.25) is 9.79 Å². The van der Waals surface area contributed by atoms with Gasteiger partial charge in [0, 0.05) is 43.9 Å². The largest absolute Gasteiger partial charge is 0.466 e. The van der Waals surface area contributed by atoms with Gasteiger partial charge in [-0.05, 0) is 19.8 Å². The van der Waals surface area contributed by atoms with E-state index in [2.05, 4.69) is 41.4 Å². The van der Waals surface area contributed by atoms with Crippen molar-refractivity contribution in [2.75, 3.05) is 33.3 Å². The van der Waals surface area contributed by atoms with Gasteiger partial charge in [0.15, 0.2) is 5.96 Å². The fourth-order valence-corrected chi connectivity index (χ4v) is 4.00. The van der Waals surface area contributed by atoms with Crippen LogP contribution in [0, 0.1) is 5.92 Å². The highest BCUT2D eigenvalue weighted by atomic mass is 32.1. The molecule has 0 saturated carbocycles. The number of carbonyl (C=O) groups excluding carboxylic acids is 1. The number of piperidine rings is 1. The van der Waals surface area contributed by atoms with Crippen molar-refractivity contribution in [3.05, 3.63) is 16.1 Å². The van der Waals surface area contributed by atoms with Crippen LogP contribution in [0.4, 0.5) is 0 Å². The fraction of sp³-hybridized carbons (Fsp3) is 0.737. The van der Waals surface area contributed by atoms with E-state index >= 15 is 0 Å². The van der Waals surface area contributed by atoms with Crippen LogP contribution in [0.3, 0.4) is 0 Å². The maximum Gasteiger partial charge on any atom is 0.309 e. The molecule has 7 heteroatoms. The maximum atomic E-state index is 11.9. The molecule has 1 aromatic rings. The Labute approximate surface area is 161 Å². The van der Waals surface area contributed by atoms with Crippen molar-refractivity contribution in [2.24, 2.45) is 10.9 Å². The number of ether oxygens (including phenoxy) is 1. The molecule has 1 saturated heterocycles. The van der Waals surface area contributed by atoms with Crippen LogP contribution in [-0.4, -0.2) is 55.1 Å². The first kappa shape index (κ1) is 20.7. The number of thiazole rings is 1. The van der Waals surface area contributed by atoms with Crippen molar-refractivity contribution in [2.45, 2.75) is 52.4 Å². The lowest BCUT2D eigenvalue weighted by molar-refractivity contribution is -0.149. The van der Waals surface area contributed by atoms with Crippen molar-refractivity contribution in [3.63, 3.8) is 0 Å². The number of guanidine groups is 1. The molecule has 0 amide bonds. The average Bonchev–Trinajstić information content (AvgIpc) is 3.08. The van der Waals surface area contributed by atoms with Gasteiger partial charge in [-0.2, -0.15) is 0 Å². The van der Waals surface area contributed by atoms with Crippen molar-refractivity contribution in [1.29, 1.82) is 0 Å². The summed E-state index contributed by atoms with van der Waals surface area (Å²) in [5, 5.41) is 6.74. The summed E-state index contributed by atoms with van der Waals surface area (Å²) in [5.41, 5.74) is 1.25. The standard InChI is InChI=1S/C19H32N4O2S/c1-6-25-17(24)14-8-11-23(12-9-14)18(20-5)21-10-7-16-22-15(13-26-16)19(2,3)4/h13-14H,6-12H2,1-5H3,(H,20,21). The van der Waals surface area contributed by atoms with Crippen LogP contribution in [0.1, 0.15) is 51.2 Å². The molecule has 0 unspecified atom stereocenters. The Bertz CT molecular complexity index is 613. The summed E-state index contributed by atoms with van der Waals surface area (Å²) in [6.07, 6.45) is 2.53. The summed E-state index contributed by atoms with van der Waals surface area (Å²) in [6, 6.07) is 0. The van der Waals surface area contributed by atoms with Crippen molar-refractivity contribution < 1.29 is 9.53 Å². The van der Waals surface area contributed by atoms with E-state index in [1.54, 1.807) is 18.4 Å². The van der Waals surface area contributed by atoms with E-state index < -0.39 is 0 Å². The lowest BCUT2D eigenvalue weighted by atomic mass is 9.93. The van der Waals surface area contributed by atoms with E-state index in [0.29, 0.717) is 6.61 Å². The molecule has 6 nitrogen and oxygen atoms in total. The summed E-state index contributed by atoms with van der Waals surface area (Å²) in [6.45, 7) is 11.3. The normalized spacial score (nSPS) is 16.7.